The number of benzene rings is 4. The van der Waals surface area contributed by atoms with Crippen molar-refractivity contribution in [1.82, 2.24) is 26.2 Å². The number of fused-ring (bicyclic) bond motifs is 5. The van der Waals surface area contributed by atoms with Gasteiger partial charge in [-0.1, -0.05) is 52.7 Å². The van der Waals surface area contributed by atoms with Crippen LogP contribution >= 0.6 is 11.6 Å². The van der Waals surface area contributed by atoms with E-state index < -0.39 is 59.7 Å². The molecule has 2 aliphatic heterocycles. The van der Waals surface area contributed by atoms with E-state index >= 15 is 0 Å². The van der Waals surface area contributed by atoms with E-state index in [4.69, 9.17) is 26.8 Å². The lowest BCUT2D eigenvalue weighted by atomic mass is 9.93. The molecule has 4 aromatic rings. The summed E-state index contributed by atoms with van der Waals surface area (Å²) in [4.78, 5) is 85.9. The van der Waals surface area contributed by atoms with Gasteiger partial charge in [0.25, 0.3) is 5.91 Å². The van der Waals surface area contributed by atoms with Crippen LogP contribution in [-0.2, 0) is 30.4 Å². The number of halogens is 1. The fraction of sp³-hybridized carbons (Fsp3) is 0.385. The third-order valence-electron chi connectivity index (χ3n) is 12.0. The van der Waals surface area contributed by atoms with Gasteiger partial charge in [-0.05, 0) is 124 Å². The van der Waals surface area contributed by atoms with E-state index in [1.807, 2.05) is 50.4 Å². The average Bonchev–Trinajstić information content (AvgIpc) is 3.32. The number of amides is 5. The summed E-state index contributed by atoms with van der Waals surface area (Å²) in [6.45, 7) is 7.75. The van der Waals surface area contributed by atoms with Gasteiger partial charge in [0.1, 0.15) is 35.7 Å². The Bertz CT molecular complexity index is 2600. The van der Waals surface area contributed by atoms with Crippen LogP contribution in [0.4, 0.5) is 0 Å². The largest absolute Gasteiger partial charge is 0.493 e. The Morgan fingerprint density at radius 2 is 1.49 bits per heavy atom. The topological polar surface area (TPSA) is 214 Å². The maximum absolute atomic E-state index is 14.8. The minimum absolute atomic E-state index is 0.0178. The van der Waals surface area contributed by atoms with Gasteiger partial charge in [0.15, 0.2) is 18.5 Å². The number of rotatable bonds is 19. The zero-order chi connectivity index (χ0) is 49.8. The maximum Gasteiger partial charge on any atom is 0.251 e. The van der Waals surface area contributed by atoms with E-state index in [1.54, 1.807) is 73.3 Å². The van der Waals surface area contributed by atoms with Crippen LogP contribution in [0.3, 0.4) is 0 Å². The van der Waals surface area contributed by atoms with Crippen molar-refractivity contribution in [2.24, 2.45) is 10.8 Å². The second kappa shape index (κ2) is 23.9. The molecule has 5 amide bonds. The third kappa shape index (κ3) is 13.2. The molecule has 0 radical (unpaired) electrons. The zero-order valence-corrected chi connectivity index (χ0v) is 40.7. The van der Waals surface area contributed by atoms with Gasteiger partial charge in [-0.3, -0.25) is 28.8 Å². The predicted octanol–water partition coefficient (Wildman–Crippen LogP) is 6.25. The lowest BCUT2D eigenvalue weighted by molar-refractivity contribution is -0.517. The molecule has 6 rings (SSSR count). The number of ketones is 1. The van der Waals surface area contributed by atoms with E-state index in [2.05, 4.69) is 26.4 Å². The monoisotopic (exact) mass is 961 g/mol. The van der Waals surface area contributed by atoms with Crippen molar-refractivity contribution >= 4 is 46.9 Å². The summed E-state index contributed by atoms with van der Waals surface area (Å²) in [6, 6.07) is 19.2. The van der Waals surface area contributed by atoms with Crippen molar-refractivity contribution in [2.75, 3.05) is 33.9 Å². The highest BCUT2D eigenvalue weighted by atomic mass is 35.5. The van der Waals surface area contributed by atoms with E-state index in [1.165, 1.54) is 18.9 Å². The Hall–Kier alpha value is -6.91. The Morgan fingerprint density at radius 3 is 2.12 bits per heavy atom. The maximum atomic E-state index is 14.8. The van der Waals surface area contributed by atoms with Crippen molar-refractivity contribution in [3.05, 3.63) is 119 Å². The first kappa shape index (κ1) is 51.5. The fourth-order valence-corrected chi connectivity index (χ4v) is 8.40. The van der Waals surface area contributed by atoms with Crippen LogP contribution in [0.2, 0.25) is 5.02 Å². The van der Waals surface area contributed by atoms with Crippen LogP contribution in [0, 0.1) is 0 Å². The molecule has 0 saturated heterocycles. The van der Waals surface area contributed by atoms with Gasteiger partial charge >= 0.3 is 0 Å². The number of Topliss-reactive ketones (excluding diaryl/α,β-unsaturated/α-hetero) is 1. The summed E-state index contributed by atoms with van der Waals surface area (Å²) in [5.41, 5.74) is 10.9. The number of azo groups is 2. The van der Waals surface area contributed by atoms with Crippen molar-refractivity contribution in [2.45, 2.75) is 96.4 Å². The predicted molar refractivity (Wildman–Crippen MR) is 263 cm³/mol. The molecule has 16 nitrogen and oxygen atoms in total. The standard InChI is InChI=1S/C52H61ClN8O8/c1-7-68-45-24-12-33-27-40(45)41-29-37(19-25-46(41)69-8-2)47(51(66)56-32(4)48(63)58-43(28-33)50(65)55-31(3)44(62)23-22-39-30-60(5)59-39)61(6)52(67)42(11-9-10-26-54)57-49(64)36-15-13-34(14-16-36)35-17-20-38(53)21-18-35/h12-21,24-25,27,29-32,42-43,47H,7-11,22-23,26,28,54H2,1-6H3,(H3-,55,56,57,58,63,64,65,66)/p+1. The van der Waals surface area contributed by atoms with Crippen molar-refractivity contribution in [1.29, 1.82) is 0 Å². The highest BCUT2D eigenvalue weighted by Gasteiger charge is 2.36. The van der Waals surface area contributed by atoms with Gasteiger partial charge in [0.2, 0.25) is 29.8 Å². The highest BCUT2D eigenvalue weighted by Crippen LogP contribution is 2.40. The summed E-state index contributed by atoms with van der Waals surface area (Å²) < 4.78 is 13.9. The van der Waals surface area contributed by atoms with Crippen LogP contribution in [0.5, 0.6) is 11.5 Å². The summed E-state index contributed by atoms with van der Waals surface area (Å²) in [5.74, 6) is -2.28. The number of unbranched alkanes of at least 4 members (excludes halogenated alkanes) is 1. The smallest absolute Gasteiger partial charge is 0.251 e. The number of likely N-dealkylation sites (N-methyl/N-ethyl adjacent to an activating group) is 1. The quantitative estimate of drug-likeness (QED) is 0.0530. The molecule has 6 N–H and O–H groups in total. The molecular formula is C52H62ClN8O8+. The van der Waals surface area contributed by atoms with Gasteiger partial charge in [0, 0.05) is 53.1 Å². The number of nitrogens with one attached hydrogen (secondary N) is 4. The SMILES string of the molecule is CCOc1ccc2cc1-c1cc(ccc1OCC)C(N(C)C(=O)C(CCCCN)NC(=O)c1ccc(-c3ccc(Cl)cc3)cc1)C(=O)NC(C)C(=O)NC(C(=O)NC(C)C(=O)CCC1=C[N+](C)=N1)C2. The first-order chi connectivity index (χ1) is 33.1. The molecule has 5 unspecified atom stereocenters. The molecule has 0 fully saturated rings. The molecule has 4 aromatic carbocycles. The van der Waals surface area contributed by atoms with E-state index in [-0.39, 0.29) is 25.0 Å². The molecule has 364 valence electrons. The lowest BCUT2D eigenvalue weighted by Gasteiger charge is -2.33. The Kier molecular flexibility index (Phi) is 17.8. The molecule has 17 heteroatoms. The average molecular weight is 963 g/mol. The number of hydrogen-bond donors (Lipinski definition) is 5. The summed E-state index contributed by atoms with van der Waals surface area (Å²) in [6.07, 6.45) is 3.73. The highest BCUT2D eigenvalue weighted by molar-refractivity contribution is 6.30. The Labute approximate surface area is 408 Å². The normalized spacial score (nSPS) is 17.5. The number of nitrogens with zero attached hydrogens (tertiary/aromatic N) is 3. The minimum atomic E-state index is -1.34. The molecule has 0 spiro atoms. The second-order valence-electron chi connectivity index (χ2n) is 17.2. The second-order valence-corrected chi connectivity index (χ2v) is 17.6. The molecule has 2 heterocycles. The van der Waals surface area contributed by atoms with Crippen LogP contribution in [0.25, 0.3) is 22.3 Å². The number of nitrogens with two attached hydrogens (primary N) is 1. The molecule has 5 atom stereocenters. The van der Waals surface area contributed by atoms with E-state index in [0.29, 0.717) is 83.4 Å². The Morgan fingerprint density at radius 1 is 0.870 bits per heavy atom. The minimum Gasteiger partial charge on any atom is -0.493 e. The first-order valence-corrected chi connectivity index (χ1v) is 23.7. The number of ether oxygens (including phenoxy) is 2. The summed E-state index contributed by atoms with van der Waals surface area (Å²) >= 11 is 6.08. The molecule has 2 aliphatic rings. The molecule has 0 aromatic heterocycles. The van der Waals surface area contributed by atoms with Crippen LogP contribution in [0.15, 0.2) is 102 Å². The van der Waals surface area contributed by atoms with Crippen molar-refractivity contribution < 1.29 is 42.9 Å². The van der Waals surface area contributed by atoms with Gasteiger partial charge in [-0.15, -0.1) is 0 Å². The van der Waals surface area contributed by atoms with Crippen molar-refractivity contribution in [3.63, 3.8) is 0 Å². The third-order valence-corrected chi connectivity index (χ3v) is 12.3. The first-order valence-electron chi connectivity index (χ1n) is 23.4. The molecule has 69 heavy (non-hydrogen) atoms. The number of carbonyl (C=O) groups is 6. The molecule has 4 bridgehead atoms. The van der Waals surface area contributed by atoms with Gasteiger partial charge in [-0.2, -0.15) is 0 Å². The Balaban J connectivity index is 1.34. The lowest BCUT2D eigenvalue weighted by Crippen LogP contribution is -2.56. The van der Waals surface area contributed by atoms with E-state index in [0.717, 1.165) is 16.8 Å². The molecular weight excluding hydrogens is 900 g/mol. The van der Waals surface area contributed by atoms with Gasteiger partial charge < -0.3 is 41.4 Å². The molecule has 0 aliphatic carbocycles. The van der Waals surface area contributed by atoms with Crippen molar-refractivity contribution in [3.8, 4) is 33.8 Å². The van der Waals surface area contributed by atoms with Crippen LogP contribution in [-0.4, -0.2) is 103 Å². The number of allylic oxidation sites excluding steroid dienone is 1. The molecule has 0 saturated carbocycles. The van der Waals surface area contributed by atoms with Gasteiger partial charge in [-0.25, -0.2) is 0 Å². The summed E-state index contributed by atoms with van der Waals surface area (Å²) in [5, 5.41) is 16.1. The fourth-order valence-electron chi connectivity index (χ4n) is 8.27. The van der Waals surface area contributed by atoms with Crippen LogP contribution in [0.1, 0.15) is 87.3 Å². The van der Waals surface area contributed by atoms with Crippen LogP contribution < -0.4 is 36.5 Å². The van der Waals surface area contributed by atoms with E-state index in [9.17, 15) is 28.8 Å². The van der Waals surface area contributed by atoms with Gasteiger partial charge in [0.05, 0.1) is 19.3 Å². The zero-order valence-electron chi connectivity index (χ0n) is 40.0. The summed E-state index contributed by atoms with van der Waals surface area (Å²) in [7, 11) is 3.27. The number of hydrogen-bond acceptors (Lipinski definition) is 10. The number of carbonyl (C=O) groups excluding carboxylic acids is 6.